The van der Waals surface area contributed by atoms with Crippen LogP contribution in [0.1, 0.15) is 39.5 Å². The Morgan fingerprint density at radius 2 is 1.76 bits per heavy atom. The molecule has 0 aliphatic heterocycles. The van der Waals surface area contributed by atoms with Crippen LogP contribution in [0.5, 0.6) is 0 Å². The van der Waals surface area contributed by atoms with Gasteiger partial charge in [-0.1, -0.05) is 50.1 Å². The standard InChI is InChI=1S/C20H25NO3S/c1-14-7-3-6-10-19(14)21-20(22)15(2)25(23,24)18-12-11-16-8-4-5-9-17(16)13-18/h4-5,8-9,11-15,19H,3,6-7,10H2,1-2H3,(H,21,22). The van der Waals surface area contributed by atoms with Crippen molar-refractivity contribution in [3.8, 4) is 0 Å². The lowest BCUT2D eigenvalue weighted by Gasteiger charge is -2.30. The number of sulfone groups is 1. The van der Waals surface area contributed by atoms with Gasteiger partial charge in [-0.2, -0.15) is 0 Å². The first-order valence-electron chi connectivity index (χ1n) is 8.92. The summed E-state index contributed by atoms with van der Waals surface area (Å²) >= 11 is 0. The van der Waals surface area contributed by atoms with Crippen molar-refractivity contribution in [2.45, 2.75) is 55.7 Å². The maximum atomic E-state index is 12.9. The van der Waals surface area contributed by atoms with E-state index in [0.717, 1.165) is 30.0 Å². The summed E-state index contributed by atoms with van der Waals surface area (Å²) in [6.07, 6.45) is 4.27. The van der Waals surface area contributed by atoms with Gasteiger partial charge in [0.15, 0.2) is 9.84 Å². The first kappa shape index (κ1) is 17.9. The van der Waals surface area contributed by atoms with Crippen LogP contribution in [0.4, 0.5) is 0 Å². The highest BCUT2D eigenvalue weighted by Gasteiger charge is 2.32. The topological polar surface area (TPSA) is 63.2 Å². The number of fused-ring (bicyclic) bond motifs is 1. The smallest absolute Gasteiger partial charge is 0.238 e. The van der Waals surface area contributed by atoms with Crippen LogP contribution in [0.25, 0.3) is 10.8 Å². The van der Waals surface area contributed by atoms with E-state index in [1.165, 1.54) is 13.3 Å². The van der Waals surface area contributed by atoms with Crippen LogP contribution in [0.2, 0.25) is 0 Å². The van der Waals surface area contributed by atoms with Gasteiger partial charge in [0.2, 0.25) is 5.91 Å². The SMILES string of the molecule is CC1CCCCC1NC(=O)C(C)S(=O)(=O)c1ccc2ccccc2c1. The second-order valence-corrected chi connectivity index (χ2v) is 9.34. The van der Waals surface area contributed by atoms with Crippen LogP contribution >= 0.6 is 0 Å². The number of hydrogen-bond donors (Lipinski definition) is 1. The molecule has 0 saturated heterocycles. The Labute approximate surface area is 149 Å². The van der Waals surface area contributed by atoms with E-state index in [2.05, 4.69) is 12.2 Å². The van der Waals surface area contributed by atoms with Crippen molar-refractivity contribution < 1.29 is 13.2 Å². The van der Waals surface area contributed by atoms with E-state index in [9.17, 15) is 13.2 Å². The van der Waals surface area contributed by atoms with E-state index in [-0.39, 0.29) is 10.9 Å². The van der Waals surface area contributed by atoms with E-state index >= 15 is 0 Å². The summed E-state index contributed by atoms with van der Waals surface area (Å²) in [4.78, 5) is 12.7. The zero-order valence-electron chi connectivity index (χ0n) is 14.7. The van der Waals surface area contributed by atoms with Crippen molar-refractivity contribution in [1.82, 2.24) is 5.32 Å². The lowest BCUT2D eigenvalue weighted by Crippen LogP contribution is -2.46. The molecule has 4 nitrogen and oxygen atoms in total. The molecule has 5 heteroatoms. The van der Waals surface area contributed by atoms with Crippen LogP contribution < -0.4 is 5.32 Å². The fourth-order valence-electron chi connectivity index (χ4n) is 3.52. The lowest BCUT2D eigenvalue weighted by molar-refractivity contribution is -0.121. The molecule has 0 radical (unpaired) electrons. The monoisotopic (exact) mass is 359 g/mol. The highest BCUT2D eigenvalue weighted by atomic mass is 32.2. The largest absolute Gasteiger partial charge is 0.352 e. The molecule has 1 N–H and O–H groups in total. The molecular weight excluding hydrogens is 334 g/mol. The van der Waals surface area contributed by atoms with E-state index in [1.807, 2.05) is 24.3 Å². The number of nitrogens with one attached hydrogen (secondary N) is 1. The maximum absolute atomic E-state index is 12.9. The summed E-state index contributed by atoms with van der Waals surface area (Å²) in [6.45, 7) is 3.60. The van der Waals surface area contributed by atoms with Crippen molar-refractivity contribution in [2.75, 3.05) is 0 Å². The number of amides is 1. The molecule has 0 heterocycles. The summed E-state index contributed by atoms with van der Waals surface area (Å²) < 4.78 is 25.8. The highest BCUT2D eigenvalue weighted by Crippen LogP contribution is 2.25. The van der Waals surface area contributed by atoms with Crippen molar-refractivity contribution >= 4 is 26.5 Å². The molecule has 1 aliphatic rings. The molecule has 3 atom stereocenters. The van der Waals surface area contributed by atoms with Gasteiger partial charge < -0.3 is 5.32 Å². The quantitative estimate of drug-likeness (QED) is 0.905. The molecule has 3 rings (SSSR count). The number of hydrogen-bond acceptors (Lipinski definition) is 3. The Kier molecular flexibility index (Phi) is 5.13. The van der Waals surface area contributed by atoms with Crippen molar-refractivity contribution in [1.29, 1.82) is 0 Å². The van der Waals surface area contributed by atoms with Crippen LogP contribution in [-0.2, 0) is 14.6 Å². The number of rotatable bonds is 4. The molecule has 0 aromatic heterocycles. The minimum absolute atomic E-state index is 0.0792. The molecule has 3 unspecified atom stereocenters. The van der Waals surface area contributed by atoms with E-state index in [1.54, 1.807) is 18.2 Å². The van der Waals surface area contributed by atoms with Gasteiger partial charge in [-0.25, -0.2) is 8.42 Å². The number of carbonyl (C=O) groups is 1. The molecule has 1 aliphatic carbocycles. The molecule has 1 saturated carbocycles. The van der Waals surface area contributed by atoms with Crippen LogP contribution in [-0.4, -0.2) is 25.6 Å². The third-order valence-electron chi connectivity index (χ3n) is 5.32. The summed E-state index contributed by atoms with van der Waals surface area (Å²) in [5.74, 6) is 0.000168. The van der Waals surface area contributed by atoms with E-state index < -0.39 is 21.0 Å². The van der Waals surface area contributed by atoms with E-state index in [0.29, 0.717) is 5.92 Å². The molecular formula is C20H25NO3S. The van der Waals surface area contributed by atoms with Crippen molar-refractivity contribution in [3.63, 3.8) is 0 Å². The van der Waals surface area contributed by atoms with Gasteiger partial charge in [0, 0.05) is 6.04 Å². The lowest BCUT2D eigenvalue weighted by atomic mass is 9.86. The maximum Gasteiger partial charge on any atom is 0.238 e. The zero-order valence-corrected chi connectivity index (χ0v) is 15.6. The molecule has 0 spiro atoms. The molecule has 0 bridgehead atoms. The van der Waals surface area contributed by atoms with Crippen molar-refractivity contribution in [3.05, 3.63) is 42.5 Å². The van der Waals surface area contributed by atoms with Crippen LogP contribution in [0, 0.1) is 5.92 Å². The van der Waals surface area contributed by atoms with Gasteiger partial charge in [0.05, 0.1) is 4.90 Å². The Morgan fingerprint density at radius 1 is 1.08 bits per heavy atom. The second kappa shape index (κ2) is 7.16. The first-order valence-corrected chi connectivity index (χ1v) is 10.5. The summed E-state index contributed by atoms with van der Waals surface area (Å²) in [5, 5.41) is 3.71. The Morgan fingerprint density at radius 3 is 2.48 bits per heavy atom. The molecule has 25 heavy (non-hydrogen) atoms. The molecule has 1 amide bonds. The number of benzene rings is 2. The van der Waals surface area contributed by atoms with Crippen LogP contribution in [0.15, 0.2) is 47.4 Å². The molecule has 2 aromatic carbocycles. The Hall–Kier alpha value is -1.88. The predicted octanol–water partition coefficient (Wildman–Crippen LogP) is 3.70. The minimum Gasteiger partial charge on any atom is -0.352 e. The molecule has 1 fully saturated rings. The van der Waals surface area contributed by atoms with Gasteiger partial charge in [0.25, 0.3) is 0 Å². The minimum atomic E-state index is -3.71. The summed E-state index contributed by atoms with van der Waals surface area (Å²) in [5.41, 5.74) is 0. The number of carbonyl (C=O) groups excluding carboxylic acids is 1. The third-order valence-corrected chi connectivity index (χ3v) is 7.38. The fourth-order valence-corrected chi connectivity index (χ4v) is 4.83. The molecule has 134 valence electrons. The summed E-state index contributed by atoms with van der Waals surface area (Å²) in [6, 6.07) is 12.7. The van der Waals surface area contributed by atoms with Gasteiger partial charge in [-0.3, -0.25) is 4.79 Å². The Balaban J connectivity index is 1.80. The Bertz CT molecular complexity index is 875. The second-order valence-electron chi connectivity index (χ2n) is 7.07. The van der Waals surface area contributed by atoms with Crippen LogP contribution in [0.3, 0.4) is 0 Å². The zero-order chi connectivity index (χ0) is 18.0. The predicted molar refractivity (Wildman–Crippen MR) is 100 cm³/mol. The van der Waals surface area contributed by atoms with Crippen molar-refractivity contribution in [2.24, 2.45) is 5.92 Å². The van der Waals surface area contributed by atoms with Gasteiger partial charge in [-0.15, -0.1) is 0 Å². The van der Waals surface area contributed by atoms with Gasteiger partial charge >= 0.3 is 0 Å². The average molecular weight is 359 g/mol. The fraction of sp³-hybridized carbons (Fsp3) is 0.450. The normalized spacial score (nSPS) is 22.5. The van der Waals surface area contributed by atoms with Gasteiger partial charge in [-0.05, 0) is 48.6 Å². The third kappa shape index (κ3) is 3.71. The van der Waals surface area contributed by atoms with Gasteiger partial charge in [0.1, 0.15) is 5.25 Å². The van der Waals surface area contributed by atoms with E-state index in [4.69, 9.17) is 0 Å². The summed E-state index contributed by atoms with van der Waals surface area (Å²) in [7, 11) is -3.71. The molecule has 2 aromatic rings. The average Bonchev–Trinajstić information content (AvgIpc) is 2.62. The highest BCUT2D eigenvalue weighted by molar-refractivity contribution is 7.92. The first-order chi connectivity index (χ1) is 11.9.